The molecule has 0 bridgehead atoms. The van der Waals surface area contributed by atoms with Crippen LogP contribution in [0.3, 0.4) is 0 Å². The lowest BCUT2D eigenvalue weighted by molar-refractivity contribution is -0.384. The Bertz CT molecular complexity index is 1400. The highest BCUT2D eigenvalue weighted by molar-refractivity contribution is 7.17. The van der Waals surface area contributed by atoms with Crippen molar-refractivity contribution in [3.63, 3.8) is 0 Å². The normalized spacial score (nSPS) is 11.9. The first-order valence-electron chi connectivity index (χ1n) is 9.50. The number of carbonyl (C=O) groups is 1. The lowest BCUT2D eigenvalue weighted by atomic mass is 10.1. The Hall–Kier alpha value is -3.56. The van der Waals surface area contributed by atoms with Crippen LogP contribution in [0.15, 0.2) is 65.0 Å². The molecule has 2 heterocycles. The average molecular weight is 470 g/mol. The number of nitro benzene ring substituents is 1. The summed E-state index contributed by atoms with van der Waals surface area (Å²) in [5.41, 5.74) is 1.19. The highest BCUT2D eigenvalue weighted by Gasteiger charge is 2.22. The number of carbonyl (C=O) groups excluding carboxylic acids is 1. The number of halogens is 1. The number of hydrogen-bond donors (Lipinski definition) is 0. The van der Waals surface area contributed by atoms with Crippen LogP contribution >= 0.6 is 22.9 Å². The molecule has 0 radical (unpaired) electrons. The van der Waals surface area contributed by atoms with E-state index in [0.29, 0.717) is 31.9 Å². The van der Waals surface area contributed by atoms with E-state index in [1.165, 1.54) is 34.4 Å². The summed E-state index contributed by atoms with van der Waals surface area (Å²) in [6.07, 6.45) is 1.31. The molecule has 2 aromatic carbocycles. The molecule has 4 aromatic rings. The second-order valence-electron chi connectivity index (χ2n) is 6.97. The SMILES string of the molecule is C[C@H](C(=O)OCc1ccccc1Cl)n1cnc2scc(-c3cccc([N+](=O)[O-])c3)c2c1=O. The lowest BCUT2D eigenvalue weighted by Gasteiger charge is -2.14. The Morgan fingerprint density at radius 2 is 2.06 bits per heavy atom. The van der Waals surface area contributed by atoms with E-state index in [1.54, 1.807) is 48.7 Å². The van der Waals surface area contributed by atoms with Gasteiger partial charge in [0.25, 0.3) is 11.2 Å². The fourth-order valence-corrected chi connectivity index (χ4v) is 4.32. The van der Waals surface area contributed by atoms with Crippen LogP contribution in [0.2, 0.25) is 5.02 Å². The van der Waals surface area contributed by atoms with E-state index < -0.39 is 22.5 Å². The van der Waals surface area contributed by atoms with E-state index in [0.717, 1.165) is 0 Å². The molecule has 0 amide bonds. The van der Waals surface area contributed by atoms with Crippen molar-refractivity contribution in [1.82, 2.24) is 9.55 Å². The third kappa shape index (κ3) is 4.12. The number of fused-ring (bicyclic) bond motifs is 1. The fraction of sp³-hybridized carbons (Fsp3) is 0.136. The standard InChI is InChI=1S/C22H16ClN3O5S/c1-13(22(28)31-10-15-5-2-3-8-18(15)23)25-12-24-20-19(21(25)27)17(11-32-20)14-6-4-7-16(9-14)26(29)30/h2-9,11-13H,10H2,1H3/t13-/m1/s1. The third-order valence-corrected chi connectivity index (χ3v) is 6.23. The summed E-state index contributed by atoms with van der Waals surface area (Å²) < 4.78 is 6.55. The molecule has 4 rings (SSSR count). The number of rotatable bonds is 6. The predicted octanol–water partition coefficient (Wildman–Crippen LogP) is 4.99. The molecule has 32 heavy (non-hydrogen) atoms. The number of thiophene rings is 1. The van der Waals surface area contributed by atoms with Crippen LogP contribution in [-0.4, -0.2) is 20.4 Å². The molecule has 0 fully saturated rings. The second-order valence-corrected chi connectivity index (χ2v) is 8.23. The summed E-state index contributed by atoms with van der Waals surface area (Å²) in [5, 5.41) is 13.6. The monoisotopic (exact) mass is 469 g/mol. The summed E-state index contributed by atoms with van der Waals surface area (Å²) in [4.78, 5) is 41.3. The largest absolute Gasteiger partial charge is 0.459 e. The van der Waals surface area contributed by atoms with Crippen molar-refractivity contribution in [2.45, 2.75) is 19.6 Å². The summed E-state index contributed by atoms with van der Waals surface area (Å²) in [6.45, 7) is 1.52. The molecular weight excluding hydrogens is 454 g/mol. The Kier molecular flexibility index (Phi) is 6.02. The van der Waals surface area contributed by atoms with Gasteiger partial charge < -0.3 is 4.74 Å². The maximum atomic E-state index is 13.2. The maximum absolute atomic E-state index is 13.2. The zero-order valence-corrected chi connectivity index (χ0v) is 18.3. The van der Waals surface area contributed by atoms with Crippen molar-refractivity contribution in [2.75, 3.05) is 0 Å². The van der Waals surface area contributed by atoms with Crippen LogP contribution in [0.1, 0.15) is 18.5 Å². The Morgan fingerprint density at radius 3 is 2.81 bits per heavy atom. The van der Waals surface area contributed by atoms with Gasteiger partial charge in [0.15, 0.2) is 0 Å². The molecule has 162 valence electrons. The minimum atomic E-state index is -0.931. The van der Waals surface area contributed by atoms with Gasteiger partial charge in [-0.3, -0.25) is 19.5 Å². The van der Waals surface area contributed by atoms with Crippen LogP contribution in [-0.2, 0) is 16.1 Å². The maximum Gasteiger partial charge on any atom is 0.329 e. The predicted molar refractivity (Wildman–Crippen MR) is 122 cm³/mol. The number of hydrogen-bond acceptors (Lipinski definition) is 7. The van der Waals surface area contributed by atoms with Gasteiger partial charge in [-0.25, -0.2) is 9.78 Å². The first-order valence-corrected chi connectivity index (χ1v) is 10.8. The van der Waals surface area contributed by atoms with Crippen LogP contribution in [0.4, 0.5) is 5.69 Å². The highest BCUT2D eigenvalue weighted by atomic mass is 35.5. The topological polar surface area (TPSA) is 104 Å². The minimum absolute atomic E-state index is 0.0232. The van der Waals surface area contributed by atoms with E-state index in [-0.39, 0.29) is 12.3 Å². The van der Waals surface area contributed by atoms with Crippen molar-refractivity contribution >= 4 is 44.8 Å². The van der Waals surface area contributed by atoms with Gasteiger partial charge in [0.2, 0.25) is 0 Å². The van der Waals surface area contributed by atoms with Crippen molar-refractivity contribution < 1.29 is 14.5 Å². The number of esters is 1. The van der Waals surface area contributed by atoms with E-state index in [1.807, 2.05) is 0 Å². The molecule has 0 aliphatic heterocycles. The van der Waals surface area contributed by atoms with Crippen LogP contribution in [0.25, 0.3) is 21.3 Å². The number of benzene rings is 2. The van der Waals surface area contributed by atoms with E-state index >= 15 is 0 Å². The van der Waals surface area contributed by atoms with Gasteiger partial charge in [0.05, 0.1) is 16.6 Å². The van der Waals surface area contributed by atoms with Crippen molar-refractivity contribution in [3.8, 4) is 11.1 Å². The first kappa shape index (κ1) is 21.7. The van der Waals surface area contributed by atoms with E-state index in [2.05, 4.69) is 4.98 Å². The van der Waals surface area contributed by atoms with Gasteiger partial charge in [-0.2, -0.15) is 0 Å². The molecule has 10 heteroatoms. The van der Waals surface area contributed by atoms with Gasteiger partial charge >= 0.3 is 5.97 Å². The molecule has 1 atom stereocenters. The molecule has 0 saturated heterocycles. The number of nitrogens with zero attached hydrogens (tertiary/aromatic N) is 3. The highest BCUT2D eigenvalue weighted by Crippen LogP contribution is 2.32. The molecule has 0 N–H and O–H groups in total. The van der Waals surface area contributed by atoms with Gasteiger partial charge in [-0.15, -0.1) is 11.3 Å². The van der Waals surface area contributed by atoms with Gasteiger partial charge in [0.1, 0.15) is 17.5 Å². The Labute approximate surface area is 190 Å². The molecule has 0 unspecified atom stereocenters. The number of non-ortho nitro benzene ring substituents is 1. The van der Waals surface area contributed by atoms with Crippen molar-refractivity contribution in [3.05, 3.63) is 91.3 Å². The Morgan fingerprint density at radius 1 is 1.28 bits per heavy atom. The van der Waals surface area contributed by atoms with Crippen LogP contribution in [0, 0.1) is 10.1 Å². The minimum Gasteiger partial charge on any atom is -0.459 e. The average Bonchev–Trinajstić information content (AvgIpc) is 3.23. The summed E-state index contributed by atoms with van der Waals surface area (Å²) >= 11 is 7.34. The second kappa shape index (κ2) is 8.89. The zero-order chi connectivity index (χ0) is 22.8. The van der Waals surface area contributed by atoms with E-state index in [4.69, 9.17) is 16.3 Å². The lowest BCUT2D eigenvalue weighted by Crippen LogP contribution is -2.29. The van der Waals surface area contributed by atoms with Gasteiger partial charge in [-0.05, 0) is 18.6 Å². The molecular formula is C22H16ClN3O5S. The van der Waals surface area contributed by atoms with Crippen molar-refractivity contribution in [2.24, 2.45) is 0 Å². The van der Waals surface area contributed by atoms with Gasteiger partial charge in [-0.1, -0.05) is 41.9 Å². The molecule has 0 saturated carbocycles. The van der Waals surface area contributed by atoms with E-state index in [9.17, 15) is 19.7 Å². The number of aromatic nitrogens is 2. The van der Waals surface area contributed by atoms with Crippen LogP contribution < -0.4 is 5.56 Å². The Balaban J connectivity index is 1.66. The zero-order valence-electron chi connectivity index (χ0n) is 16.7. The number of ether oxygens (including phenoxy) is 1. The third-order valence-electron chi connectivity index (χ3n) is 4.97. The quantitative estimate of drug-likeness (QED) is 0.224. The first-order chi connectivity index (χ1) is 15.4. The summed E-state index contributed by atoms with van der Waals surface area (Å²) in [7, 11) is 0. The van der Waals surface area contributed by atoms with Crippen LogP contribution in [0.5, 0.6) is 0 Å². The number of nitro groups is 1. The molecule has 0 spiro atoms. The molecule has 0 aliphatic rings. The van der Waals surface area contributed by atoms with Crippen molar-refractivity contribution in [1.29, 1.82) is 0 Å². The van der Waals surface area contributed by atoms with Gasteiger partial charge in [0, 0.05) is 33.7 Å². The molecule has 2 aromatic heterocycles. The fourth-order valence-electron chi connectivity index (χ4n) is 3.22. The molecule has 8 nitrogen and oxygen atoms in total. The summed E-state index contributed by atoms with van der Waals surface area (Å²) in [5.74, 6) is -0.611. The smallest absolute Gasteiger partial charge is 0.329 e. The molecule has 0 aliphatic carbocycles. The summed E-state index contributed by atoms with van der Waals surface area (Å²) in [6, 6.07) is 12.1.